The van der Waals surface area contributed by atoms with Gasteiger partial charge in [0.15, 0.2) is 0 Å². The molecule has 0 saturated carbocycles. The summed E-state index contributed by atoms with van der Waals surface area (Å²) in [4.78, 5) is 17.8. The zero-order chi connectivity index (χ0) is 21.2. The number of hydrogen-bond acceptors (Lipinski definition) is 3. The third-order valence-electron chi connectivity index (χ3n) is 5.30. The van der Waals surface area contributed by atoms with E-state index in [1.54, 1.807) is 4.68 Å². The van der Waals surface area contributed by atoms with Gasteiger partial charge in [-0.1, -0.05) is 60.7 Å². The summed E-state index contributed by atoms with van der Waals surface area (Å²) in [5, 5.41) is 7.72. The Balaban J connectivity index is 1.47. The van der Waals surface area contributed by atoms with Crippen molar-refractivity contribution in [2.24, 2.45) is 7.05 Å². The van der Waals surface area contributed by atoms with Crippen molar-refractivity contribution < 1.29 is 4.79 Å². The van der Waals surface area contributed by atoms with E-state index in [1.165, 1.54) is 0 Å². The Hall–Kier alpha value is -4.19. The molecule has 152 valence electrons. The number of aromatic nitrogens is 4. The SMILES string of the molecule is Cn1c(CNC(=O)c2cc(-c3ccccc3)nn2-c2ccccc2)nc2ccccc21. The third kappa shape index (κ3) is 3.59. The van der Waals surface area contributed by atoms with Gasteiger partial charge in [0.05, 0.1) is 29.0 Å². The number of hydrogen-bond donors (Lipinski definition) is 1. The summed E-state index contributed by atoms with van der Waals surface area (Å²) >= 11 is 0. The molecule has 0 fully saturated rings. The second-order valence-electron chi connectivity index (χ2n) is 7.29. The van der Waals surface area contributed by atoms with E-state index in [0.717, 1.165) is 33.8 Å². The number of amides is 1. The molecular formula is C25H21N5O. The van der Waals surface area contributed by atoms with Gasteiger partial charge in [-0.15, -0.1) is 0 Å². The van der Waals surface area contributed by atoms with Crippen molar-refractivity contribution >= 4 is 16.9 Å². The van der Waals surface area contributed by atoms with Crippen molar-refractivity contribution in [1.82, 2.24) is 24.6 Å². The fourth-order valence-corrected chi connectivity index (χ4v) is 3.66. The van der Waals surface area contributed by atoms with E-state index in [1.807, 2.05) is 103 Å². The second kappa shape index (κ2) is 7.91. The van der Waals surface area contributed by atoms with E-state index < -0.39 is 0 Å². The first kappa shape index (κ1) is 18.8. The molecule has 0 saturated heterocycles. The summed E-state index contributed by atoms with van der Waals surface area (Å²) in [6, 6.07) is 29.3. The lowest BCUT2D eigenvalue weighted by Gasteiger charge is -2.08. The Bertz CT molecular complexity index is 1350. The Morgan fingerprint density at radius 3 is 2.32 bits per heavy atom. The summed E-state index contributed by atoms with van der Waals surface area (Å²) in [6.07, 6.45) is 0. The summed E-state index contributed by atoms with van der Waals surface area (Å²) < 4.78 is 3.69. The zero-order valence-corrected chi connectivity index (χ0v) is 17.1. The number of fused-ring (bicyclic) bond motifs is 1. The molecule has 5 aromatic rings. The summed E-state index contributed by atoms with van der Waals surface area (Å²) in [5.41, 5.74) is 4.96. The molecule has 0 aliphatic rings. The van der Waals surface area contributed by atoms with Crippen LogP contribution in [0, 0.1) is 0 Å². The highest BCUT2D eigenvalue weighted by molar-refractivity contribution is 5.94. The molecule has 0 unspecified atom stereocenters. The van der Waals surface area contributed by atoms with Crippen LogP contribution in [0.4, 0.5) is 0 Å². The molecule has 0 radical (unpaired) electrons. The molecule has 1 N–H and O–H groups in total. The smallest absolute Gasteiger partial charge is 0.270 e. The molecule has 6 nitrogen and oxygen atoms in total. The fraction of sp³-hybridized carbons (Fsp3) is 0.0800. The maximum Gasteiger partial charge on any atom is 0.270 e. The highest BCUT2D eigenvalue weighted by atomic mass is 16.2. The van der Waals surface area contributed by atoms with Gasteiger partial charge >= 0.3 is 0 Å². The predicted octanol–water partition coefficient (Wildman–Crippen LogP) is 4.36. The van der Waals surface area contributed by atoms with Crippen molar-refractivity contribution in [1.29, 1.82) is 0 Å². The van der Waals surface area contributed by atoms with Crippen molar-refractivity contribution in [2.45, 2.75) is 6.54 Å². The lowest BCUT2D eigenvalue weighted by atomic mass is 10.1. The minimum atomic E-state index is -0.203. The molecule has 6 heteroatoms. The maximum atomic E-state index is 13.2. The van der Waals surface area contributed by atoms with Crippen LogP contribution in [0.15, 0.2) is 91.0 Å². The Kier molecular flexibility index (Phi) is 4.80. The second-order valence-corrected chi connectivity index (χ2v) is 7.29. The van der Waals surface area contributed by atoms with Crippen LogP contribution in [0.3, 0.4) is 0 Å². The Labute approximate surface area is 179 Å². The number of para-hydroxylation sites is 3. The molecule has 0 aliphatic carbocycles. The van der Waals surface area contributed by atoms with Crippen LogP contribution in [0.5, 0.6) is 0 Å². The quantitative estimate of drug-likeness (QED) is 0.471. The van der Waals surface area contributed by atoms with Gasteiger partial charge in [-0.2, -0.15) is 5.10 Å². The molecule has 0 aliphatic heterocycles. The number of carbonyl (C=O) groups is 1. The first-order valence-corrected chi connectivity index (χ1v) is 10.1. The van der Waals surface area contributed by atoms with Crippen LogP contribution in [-0.2, 0) is 13.6 Å². The minimum absolute atomic E-state index is 0.203. The van der Waals surface area contributed by atoms with E-state index in [-0.39, 0.29) is 5.91 Å². The number of rotatable bonds is 5. The van der Waals surface area contributed by atoms with E-state index in [2.05, 4.69) is 10.3 Å². The van der Waals surface area contributed by atoms with Crippen LogP contribution < -0.4 is 5.32 Å². The zero-order valence-electron chi connectivity index (χ0n) is 17.1. The van der Waals surface area contributed by atoms with Gasteiger partial charge in [-0.05, 0) is 30.3 Å². The topological polar surface area (TPSA) is 64.7 Å². The van der Waals surface area contributed by atoms with Gasteiger partial charge in [0.25, 0.3) is 5.91 Å². The van der Waals surface area contributed by atoms with E-state index in [0.29, 0.717) is 12.2 Å². The lowest BCUT2D eigenvalue weighted by Crippen LogP contribution is -2.26. The Morgan fingerprint density at radius 1 is 0.903 bits per heavy atom. The number of nitrogens with zero attached hydrogens (tertiary/aromatic N) is 4. The summed E-state index contributed by atoms with van der Waals surface area (Å²) in [5.74, 6) is 0.592. The minimum Gasteiger partial charge on any atom is -0.343 e. The standard InChI is InChI=1S/C25H21N5O/c1-29-22-15-9-8-14-20(22)27-24(29)17-26-25(31)23-16-21(18-10-4-2-5-11-18)28-30(23)19-12-6-3-7-13-19/h2-16H,17H2,1H3,(H,26,31). The highest BCUT2D eigenvalue weighted by Gasteiger charge is 2.18. The largest absolute Gasteiger partial charge is 0.343 e. The third-order valence-corrected chi connectivity index (χ3v) is 5.30. The molecule has 0 spiro atoms. The molecular weight excluding hydrogens is 386 g/mol. The van der Waals surface area contributed by atoms with E-state index in [9.17, 15) is 4.79 Å². The number of aryl methyl sites for hydroxylation is 1. The van der Waals surface area contributed by atoms with Gasteiger partial charge < -0.3 is 9.88 Å². The van der Waals surface area contributed by atoms with Crippen LogP contribution in [-0.4, -0.2) is 25.2 Å². The lowest BCUT2D eigenvalue weighted by molar-refractivity contribution is 0.0942. The van der Waals surface area contributed by atoms with Crippen molar-refractivity contribution in [2.75, 3.05) is 0 Å². The molecule has 31 heavy (non-hydrogen) atoms. The summed E-state index contributed by atoms with van der Waals surface area (Å²) in [6.45, 7) is 0.324. The molecule has 2 heterocycles. The van der Waals surface area contributed by atoms with Crippen molar-refractivity contribution in [3.05, 3.63) is 103 Å². The monoisotopic (exact) mass is 407 g/mol. The Morgan fingerprint density at radius 2 is 1.58 bits per heavy atom. The summed E-state index contributed by atoms with van der Waals surface area (Å²) in [7, 11) is 1.96. The maximum absolute atomic E-state index is 13.2. The van der Waals surface area contributed by atoms with Crippen molar-refractivity contribution in [3.8, 4) is 16.9 Å². The highest BCUT2D eigenvalue weighted by Crippen LogP contribution is 2.22. The number of benzene rings is 3. The van der Waals surface area contributed by atoms with Gasteiger partial charge in [0, 0.05) is 12.6 Å². The average molecular weight is 407 g/mol. The fourth-order valence-electron chi connectivity index (χ4n) is 3.66. The molecule has 0 bridgehead atoms. The van der Waals surface area contributed by atoms with Crippen LogP contribution >= 0.6 is 0 Å². The average Bonchev–Trinajstić information content (AvgIpc) is 3.41. The predicted molar refractivity (Wildman–Crippen MR) is 121 cm³/mol. The van der Waals surface area contributed by atoms with Gasteiger partial charge in [-0.25, -0.2) is 9.67 Å². The van der Waals surface area contributed by atoms with Crippen molar-refractivity contribution in [3.63, 3.8) is 0 Å². The normalized spacial score (nSPS) is 11.0. The molecule has 3 aromatic carbocycles. The molecule has 2 aromatic heterocycles. The number of carbonyl (C=O) groups excluding carboxylic acids is 1. The molecule has 1 amide bonds. The van der Waals surface area contributed by atoms with Crippen LogP contribution in [0.1, 0.15) is 16.3 Å². The molecule has 5 rings (SSSR count). The number of nitrogens with one attached hydrogen (secondary N) is 1. The van der Waals surface area contributed by atoms with Gasteiger partial charge in [0.2, 0.25) is 0 Å². The van der Waals surface area contributed by atoms with Gasteiger partial charge in [-0.3, -0.25) is 4.79 Å². The number of imidazole rings is 1. The van der Waals surface area contributed by atoms with E-state index >= 15 is 0 Å². The first-order chi connectivity index (χ1) is 15.2. The van der Waals surface area contributed by atoms with Gasteiger partial charge in [0.1, 0.15) is 11.5 Å². The molecule has 0 atom stereocenters. The van der Waals surface area contributed by atoms with E-state index in [4.69, 9.17) is 5.10 Å². The van der Waals surface area contributed by atoms with Crippen LogP contribution in [0.2, 0.25) is 0 Å². The first-order valence-electron chi connectivity index (χ1n) is 10.1. The van der Waals surface area contributed by atoms with Crippen LogP contribution in [0.25, 0.3) is 28.0 Å².